The van der Waals surface area contributed by atoms with Crippen molar-refractivity contribution in [2.75, 3.05) is 5.73 Å². The van der Waals surface area contributed by atoms with E-state index in [1.54, 1.807) is 10.9 Å². The van der Waals surface area contributed by atoms with Crippen molar-refractivity contribution >= 4 is 17.0 Å². The highest BCUT2D eigenvalue weighted by atomic mass is 18.2. The Morgan fingerprint density at radius 3 is 2.75 bits per heavy atom. The van der Waals surface area contributed by atoms with Gasteiger partial charge in [0.05, 0.1) is 12.4 Å². The lowest BCUT2D eigenvalue weighted by molar-refractivity contribution is -0.0120. The maximum Gasteiger partial charge on any atom is 0.312 e. The molecule has 1 aliphatic rings. The van der Waals surface area contributed by atoms with Crippen LogP contribution in [0.25, 0.3) is 11.2 Å². The number of halogens is 1. The van der Waals surface area contributed by atoms with E-state index in [1.807, 2.05) is 0 Å². The van der Waals surface area contributed by atoms with Crippen LogP contribution >= 0.6 is 0 Å². The topological polar surface area (TPSA) is 78.9 Å². The van der Waals surface area contributed by atoms with Crippen LogP contribution in [0.1, 0.15) is 33.4 Å². The number of aromatic nitrogens is 4. The van der Waals surface area contributed by atoms with E-state index in [-0.39, 0.29) is 24.1 Å². The molecule has 6 nitrogen and oxygen atoms in total. The van der Waals surface area contributed by atoms with Gasteiger partial charge < -0.3 is 10.5 Å². The van der Waals surface area contributed by atoms with Gasteiger partial charge in [-0.15, -0.1) is 0 Å². The van der Waals surface area contributed by atoms with E-state index in [0.717, 1.165) is 6.42 Å². The molecule has 3 heterocycles. The summed E-state index contributed by atoms with van der Waals surface area (Å²) >= 11 is 0. The maximum absolute atomic E-state index is 13.4. The SMILES string of the molecule is CC[C@H]1O[C@@H](n2cnc3c(N)nc([18F])nc32)[C@H](C)[C@@H]1C. The van der Waals surface area contributed by atoms with E-state index >= 15 is 0 Å². The average molecular weight is 278 g/mol. The zero-order valence-corrected chi connectivity index (χ0v) is 11.7. The molecule has 3 rings (SSSR count). The van der Waals surface area contributed by atoms with Crippen molar-refractivity contribution in [3.8, 4) is 0 Å². The van der Waals surface area contributed by atoms with Gasteiger partial charge in [-0.05, 0) is 12.3 Å². The standard InChI is InChI=1S/C13H18FN5O/c1-4-8-6(2)7(3)12(20-8)19-5-16-9-10(15)17-13(14)18-11(9)19/h5-8,12H,4H2,1-3H3,(H2,15,17,18)/t6-,7+,8+,12+/m0/s1/i14-1. The highest BCUT2D eigenvalue weighted by Crippen LogP contribution is 2.41. The van der Waals surface area contributed by atoms with Crippen molar-refractivity contribution in [2.24, 2.45) is 11.8 Å². The maximum atomic E-state index is 13.4. The summed E-state index contributed by atoms with van der Waals surface area (Å²) in [5, 5.41) is 0. The monoisotopic (exact) mass is 278 g/mol. The highest BCUT2D eigenvalue weighted by Gasteiger charge is 2.39. The molecule has 108 valence electrons. The second-order valence-corrected chi connectivity index (χ2v) is 5.39. The van der Waals surface area contributed by atoms with E-state index in [9.17, 15) is 4.39 Å². The smallest absolute Gasteiger partial charge is 0.312 e. The van der Waals surface area contributed by atoms with Gasteiger partial charge >= 0.3 is 6.08 Å². The highest BCUT2D eigenvalue weighted by molar-refractivity contribution is 5.81. The lowest BCUT2D eigenvalue weighted by atomic mass is 9.91. The zero-order chi connectivity index (χ0) is 14.4. The van der Waals surface area contributed by atoms with Crippen LogP contribution in [0.15, 0.2) is 6.33 Å². The number of nitrogens with two attached hydrogens (primary N) is 1. The molecular weight excluding hydrogens is 260 g/mol. The van der Waals surface area contributed by atoms with Crippen molar-refractivity contribution in [1.82, 2.24) is 19.5 Å². The van der Waals surface area contributed by atoms with E-state index in [1.165, 1.54) is 0 Å². The molecule has 1 aliphatic heterocycles. The number of nitrogen functional groups attached to an aromatic ring is 1. The Morgan fingerprint density at radius 1 is 1.35 bits per heavy atom. The first-order valence-corrected chi connectivity index (χ1v) is 6.84. The molecule has 0 spiro atoms. The Kier molecular flexibility index (Phi) is 3.08. The van der Waals surface area contributed by atoms with Gasteiger partial charge in [0.25, 0.3) is 0 Å². The Labute approximate surface area is 116 Å². The van der Waals surface area contributed by atoms with Crippen LogP contribution in [0.4, 0.5) is 10.2 Å². The quantitative estimate of drug-likeness (QED) is 0.851. The zero-order valence-electron chi connectivity index (χ0n) is 11.7. The van der Waals surface area contributed by atoms with E-state index in [0.29, 0.717) is 17.1 Å². The summed E-state index contributed by atoms with van der Waals surface area (Å²) in [4.78, 5) is 11.5. The molecule has 20 heavy (non-hydrogen) atoms. The lowest BCUT2D eigenvalue weighted by Crippen LogP contribution is -2.16. The molecule has 2 aromatic rings. The molecule has 1 fully saturated rings. The van der Waals surface area contributed by atoms with Gasteiger partial charge in [0.2, 0.25) is 0 Å². The Morgan fingerprint density at radius 2 is 2.10 bits per heavy atom. The summed E-state index contributed by atoms with van der Waals surface area (Å²) in [7, 11) is 0. The number of rotatable bonds is 2. The number of hydrogen-bond donors (Lipinski definition) is 1. The van der Waals surface area contributed by atoms with Gasteiger partial charge in [0, 0.05) is 5.92 Å². The van der Waals surface area contributed by atoms with Gasteiger partial charge in [0.15, 0.2) is 17.0 Å². The molecule has 4 atom stereocenters. The molecule has 2 N–H and O–H groups in total. The fourth-order valence-electron chi connectivity index (χ4n) is 2.91. The number of fused-ring (bicyclic) bond motifs is 1. The van der Waals surface area contributed by atoms with Crippen molar-refractivity contribution in [1.29, 1.82) is 0 Å². The van der Waals surface area contributed by atoms with Crippen LogP contribution < -0.4 is 5.73 Å². The molecule has 0 aliphatic carbocycles. The molecule has 7 heteroatoms. The van der Waals surface area contributed by atoms with Crippen LogP contribution in [-0.2, 0) is 4.74 Å². The Bertz CT molecular complexity index is 643. The minimum atomic E-state index is -0.845. The first-order valence-electron chi connectivity index (χ1n) is 6.84. The summed E-state index contributed by atoms with van der Waals surface area (Å²) in [6.45, 7) is 6.39. The van der Waals surface area contributed by atoms with Gasteiger partial charge in [-0.3, -0.25) is 4.57 Å². The van der Waals surface area contributed by atoms with Crippen molar-refractivity contribution in [3.63, 3.8) is 0 Å². The first kappa shape index (κ1) is 13.2. The Balaban J connectivity index is 2.07. The summed E-state index contributed by atoms with van der Waals surface area (Å²) in [5.41, 5.74) is 6.47. The lowest BCUT2D eigenvalue weighted by Gasteiger charge is -2.17. The Hall–Kier alpha value is -1.76. The van der Waals surface area contributed by atoms with Crippen LogP contribution in [0.2, 0.25) is 0 Å². The number of imidazole rings is 1. The molecular formula is C13H18FN5O. The van der Waals surface area contributed by atoms with Crippen LogP contribution in [0.5, 0.6) is 0 Å². The molecule has 2 aromatic heterocycles. The predicted molar refractivity (Wildman–Crippen MR) is 72.2 cm³/mol. The molecule has 0 bridgehead atoms. The second-order valence-electron chi connectivity index (χ2n) is 5.39. The molecule has 0 saturated carbocycles. The summed E-state index contributed by atoms with van der Waals surface area (Å²) < 4.78 is 21.2. The number of anilines is 1. The minimum absolute atomic E-state index is 0.0528. The van der Waals surface area contributed by atoms with Crippen LogP contribution in [-0.4, -0.2) is 25.6 Å². The number of nitrogens with zero attached hydrogens (tertiary/aromatic N) is 4. The fraction of sp³-hybridized carbons (Fsp3) is 0.615. The third-order valence-corrected chi connectivity index (χ3v) is 4.28. The molecule has 0 amide bonds. The minimum Gasteiger partial charge on any atom is -0.382 e. The van der Waals surface area contributed by atoms with E-state index in [2.05, 4.69) is 35.7 Å². The first-order chi connectivity index (χ1) is 9.52. The van der Waals surface area contributed by atoms with Gasteiger partial charge in [-0.2, -0.15) is 14.4 Å². The number of ether oxygens (including phenoxy) is 1. The number of hydrogen-bond acceptors (Lipinski definition) is 5. The van der Waals surface area contributed by atoms with Crippen molar-refractivity contribution in [2.45, 2.75) is 39.5 Å². The third-order valence-electron chi connectivity index (χ3n) is 4.28. The molecule has 0 aromatic carbocycles. The van der Waals surface area contributed by atoms with Crippen molar-refractivity contribution in [3.05, 3.63) is 12.4 Å². The summed E-state index contributed by atoms with van der Waals surface area (Å²) in [5.74, 6) is 0.764. The third kappa shape index (κ3) is 1.84. The second kappa shape index (κ2) is 4.66. The van der Waals surface area contributed by atoms with Crippen LogP contribution in [0.3, 0.4) is 0 Å². The molecule has 0 radical (unpaired) electrons. The average Bonchev–Trinajstić information content (AvgIpc) is 2.93. The normalized spacial score (nSPS) is 30.2. The van der Waals surface area contributed by atoms with Crippen LogP contribution in [0, 0.1) is 17.9 Å². The van der Waals surface area contributed by atoms with Gasteiger partial charge in [0.1, 0.15) is 6.23 Å². The predicted octanol–water partition coefficient (Wildman–Crippen LogP) is 2.13. The van der Waals surface area contributed by atoms with E-state index < -0.39 is 6.08 Å². The van der Waals surface area contributed by atoms with E-state index in [4.69, 9.17) is 10.5 Å². The molecule has 1 saturated heterocycles. The van der Waals surface area contributed by atoms with Gasteiger partial charge in [-0.1, -0.05) is 20.8 Å². The summed E-state index contributed by atoms with van der Waals surface area (Å²) in [6, 6.07) is 0. The largest absolute Gasteiger partial charge is 0.382 e. The van der Waals surface area contributed by atoms with Crippen molar-refractivity contribution < 1.29 is 9.13 Å². The van der Waals surface area contributed by atoms with Gasteiger partial charge in [-0.25, -0.2) is 4.98 Å². The fourth-order valence-corrected chi connectivity index (χ4v) is 2.91. The molecule has 0 unspecified atom stereocenters. The summed E-state index contributed by atoms with van der Waals surface area (Å²) in [6.07, 6.45) is 1.69.